The quantitative estimate of drug-likeness (QED) is 0.626. The zero-order valence-corrected chi connectivity index (χ0v) is 13.1. The van der Waals surface area contributed by atoms with E-state index in [4.69, 9.17) is 11.6 Å². The normalized spacial score (nSPS) is 11.7. The van der Waals surface area contributed by atoms with Crippen LogP contribution in [0.5, 0.6) is 0 Å². The molecule has 1 N–H and O–H groups in total. The molecule has 1 rings (SSSR count). The highest BCUT2D eigenvalue weighted by Gasteiger charge is 2.18. The first kappa shape index (κ1) is 15.2. The van der Waals surface area contributed by atoms with Crippen LogP contribution in [0.15, 0.2) is 21.6 Å². The molecule has 0 saturated heterocycles. The van der Waals surface area contributed by atoms with E-state index in [0.717, 1.165) is 12.2 Å². The molecule has 0 amide bonds. The number of aromatic nitrogens is 1. The third kappa shape index (κ3) is 4.75. The Balaban J connectivity index is 2.79. The lowest BCUT2D eigenvalue weighted by Gasteiger charge is -2.07. The van der Waals surface area contributed by atoms with Gasteiger partial charge in [0.2, 0.25) is 10.0 Å². The summed E-state index contributed by atoms with van der Waals surface area (Å²) in [6, 6.07) is 1.44. The van der Waals surface area contributed by atoms with E-state index in [-0.39, 0.29) is 10.0 Å². The van der Waals surface area contributed by atoms with Gasteiger partial charge in [-0.05, 0) is 40.4 Å². The summed E-state index contributed by atoms with van der Waals surface area (Å²) in [5, 5.41) is -0.0226. The van der Waals surface area contributed by atoms with E-state index in [1.165, 1.54) is 12.3 Å². The number of sulfonamides is 1. The van der Waals surface area contributed by atoms with Gasteiger partial charge < -0.3 is 0 Å². The summed E-state index contributed by atoms with van der Waals surface area (Å²) in [6.45, 7) is 0.395. The molecule has 0 aliphatic carbocycles. The van der Waals surface area contributed by atoms with Crippen molar-refractivity contribution in [3.05, 3.63) is 21.9 Å². The fourth-order valence-corrected chi connectivity index (χ4v) is 3.54. The molecular formula is C9H12BrClN2O2S2. The molecule has 0 aliphatic rings. The third-order valence-corrected chi connectivity index (χ3v) is 4.90. The van der Waals surface area contributed by atoms with Gasteiger partial charge in [-0.2, -0.15) is 11.8 Å². The summed E-state index contributed by atoms with van der Waals surface area (Å²) in [5.74, 6) is 0.910. The van der Waals surface area contributed by atoms with Crippen LogP contribution in [0.4, 0.5) is 0 Å². The predicted molar refractivity (Wildman–Crippen MR) is 75.1 cm³/mol. The smallest absolute Gasteiger partial charge is 0.242 e. The van der Waals surface area contributed by atoms with E-state index in [1.807, 2.05) is 6.26 Å². The van der Waals surface area contributed by atoms with Gasteiger partial charge in [0.15, 0.2) is 0 Å². The number of thioether (sulfide) groups is 1. The van der Waals surface area contributed by atoms with E-state index in [1.54, 1.807) is 11.8 Å². The summed E-state index contributed by atoms with van der Waals surface area (Å²) < 4.78 is 26.9. The van der Waals surface area contributed by atoms with Gasteiger partial charge in [0.25, 0.3) is 0 Å². The SMILES string of the molecule is CSCCCNS(=O)(=O)c1cc(Br)cnc1Cl. The monoisotopic (exact) mass is 358 g/mol. The van der Waals surface area contributed by atoms with Crippen molar-refractivity contribution in [2.45, 2.75) is 11.3 Å². The largest absolute Gasteiger partial charge is 0.243 e. The van der Waals surface area contributed by atoms with Crippen LogP contribution >= 0.6 is 39.3 Å². The highest BCUT2D eigenvalue weighted by molar-refractivity contribution is 9.10. The van der Waals surface area contributed by atoms with E-state index in [0.29, 0.717) is 11.0 Å². The summed E-state index contributed by atoms with van der Waals surface area (Å²) >= 11 is 10.6. The Morgan fingerprint density at radius 2 is 2.29 bits per heavy atom. The van der Waals surface area contributed by atoms with E-state index < -0.39 is 10.0 Å². The topological polar surface area (TPSA) is 59.1 Å². The van der Waals surface area contributed by atoms with Gasteiger partial charge in [0, 0.05) is 17.2 Å². The predicted octanol–water partition coefficient (Wildman–Crippen LogP) is 2.53. The molecule has 96 valence electrons. The minimum absolute atomic E-state index is 0.00214. The van der Waals surface area contributed by atoms with Crippen molar-refractivity contribution in [1.82, 2.24) is 9.71 Å². The molecule has 0 aliphatic heterocycles. The van der Waals surface area contributed by atoms with Crippen LogP contribution in [-0.2, 0) is 10.0 Å². The van der Waals surface area contributed by atoms with Crippen LogP contribution in [0.3, 0.4) is 0 Å². The van der Waals surface area contributed by atoms with Crippen LogP contribution in [0.2, 0.25) is 5.15 Å². The number of halogens is 2. The fourth-order valence-electron chi connectivity index (χ4n) is 1.09. The molecule has 8 heteroatoms. The van der Waals surface area contributed by atoms with Crippen molar-refractivity contribution in [2.75, 3.05) is 18.6 Å². The van der Waals surface area contributed by atoms with E-state index in [2.05, 4.69) is 25.6 Å². The number of hydrogen-bond acceptors (Lipinski definition) is 4. The van der Waals surface area contributed by atoms with Gasteiger partial charge in [-0.3, -0.25) is 0 Å². The zero-order valence-electron chi connectivity index (χ0n) is 9.11. The maximum absolute atomic E-state index is 11.9. The first-order chi connectivity index (χ1) is 7.97. The summed E-state index contributed by atoms with van der Waals surface area (Å²) in [6.07, 6.45) is 4.21. The molecule has 1 aromatic rings. The number of hydrogen-bond donors (Lipinski definition) is 1. The van der Waals surface area contributed by atoms with Gasteiger partial charge in [-0.15, -0.1) is 0 Å². The van der Waals surface area contributed by atoms with Crippen molar-refractivity contribution < 1.29 is 8.42 Å². The first-order valence-corrected chi connectivity index (χ1v) is 8.82. The van der Waals surface area contributed by atoms with E-state index in [9.17, 15) is 8.42 Å². The second-order valence-corrected chi connectivity index (χ2v) is 7.18. The Kier molecular flexibility index (Phi) is 6.22. The highest BCUT2D eigenvalue weighted by atomic mass is 79.9. The first-order valence-electron chi connectivity index (χ1n) is 4.77. The molecule has 1 heterocycles. The van der Waals surface area contributed by atoms with Gasteiger partial charge in [-0.1, -0.05) is 11.6 Å². The molecule has 1 aromatic heterocycles. The van der Waals surface area contributed by atoms with Crippen LogP contribution in [0.1, 0.15) is 6.42 Å². The van der Waals surface area contributed by atoms with Crippen LogP contribution in [-0.4, -0.2) is 32.0 Å². The van der Waals surface area contributed by atoms with Crippen molar-refractivity contribution in [2.24, 2.45) is 0 Å². The average molecular weight is 360 g/mol. The molecular weight excluding hydrogens is 348 g/mol. The number of nitrogens with one attached hydrogen (secondary N) is 1. The molecule has 0 aromatic carbocycles. The molecule has 0 saturated carbocycles. The second kappa shape index (κ2) is 6.94. The fraction of sp³-hybridized carbons (Fsp3) is 0.444. The molecule has 4 nitrogen and oxygen atoms in total. The average Bonchev–Trinajstić information content (AvgIpc) is 2.28. The van der Waals surface area contributed by atoms with Crippen molar-refractivity contribution in [3.63, 3.8) is 0 Å². The molecule has 0 fully saturated rings. The molecule has 0 atom stereocenters. The molecule has 0 bridgehead atoms. The van der Waals surface area contributed by atoms with Gasteiger partial charge >= 0.3 is 0 Å². The Labute approximate surface area is 119 Å². The molecule has 17 heavy (non-hydrogen) atoms. The Morgan fingerprint density at radius 1 is 1.59 bits per heavy atom. The number of pyridine rings is 1. The lowest BCUT2D eigenvalue weighted by molar-refractivity contribution is 0.580. The Hall–Kier alpha value is 0.180. The number of nitrogens with zero attached hydrogens (tertiary/aromatic N) is 1. The maximum Gasteiger partial charge on any atom is 0.243 e. The molecule has 0 unspecified atom stereocenters. The Morgan fingerprint density at radius 3 is 2.94 bits per heavy atom. The minimum atomic E-state index is -3.58. The van der Waals surface area contributed by atoms with Crippen molar-refractivity contribution in [3.8, 4) is 0 Å². The zero-order chi connectivity index (χ0) is 12.9. The number of rotatable bonds is 6. The van der Waals surface area contributed by atoms with Gasteiger partial charge in [-0.25, -0.2) is 18.1 Å². The van der Waals surface area contributed by atoms with Gasteiger partial charge in [0.05, 0.1) is 0 Å². The Bertz CT molecular complexity index is 482. The van der Waals surface area contributed by atoms with Crippen LogP contribution < -0.4 is 4.72 Å². The third-order valence-electron chi connectivity index (χ3n) is 1.88. The standard InChI is InChI=1S/C9H12BrClN2O2S2/c1-16-4-2-3-13-17(14,15)8-5-7(10)6-12-9(8)11/h5-6,13H,2-4H2,1H3. The van der Waals surface area contributed by atoms with Gasteiger partial charge in [0.1, 0.15) is 10.0 Å². The highest BCUT2D eigenvalue weighted by Crippen LogP contribution is 2.22. The lowest BCUT2D eigenvalue weighted by atomic mass is 10.5. The lowest BCUT2D eigenvalue weighted by Crippen LogP contribution is -2.25. The second-order valence-electron chi connectivity index (χ2n) is 3.19. The molecule has 0 spiro atoms. The summed E-state index contributed by atoms with van der Waals surface area (Å²) in [4.78, 5) is 3.78. The van der Waals surface area contributed by atoms with Crippen molar-refractivity contribution in [1.29, 1.82) is 0 Å². The van der Waals surface area contributed by atoms with E-state index >= 15 is 0 Å². The maximum atomic E-state index is 11.9. The van der Waals surface area contributed by atoms with Crippen LogP contribution in [0.25, 0.3) is 0 Å². The summed E-state index contributed by atoms with van der Waals surface area (Å²) in [5.41, 5.74) is 0. The summed E-state index contributed by atoms with van der Waals surface area (Å²) in [7, 11) is -3.58. The molecule has 0 radical (unpaired) electrons. The minimum Gasteiger partial charge on any atom is -0.242 e. The van der Waals surface area contributed by atoms with Crippen LogP contribution in [0, 0.1) is 0 Å². The van der Waals surface area contributed by atoms with Crippen molar-refractivity contribution >= 4 is 49.3 Å².